The summed E-state index contributed by atoms with van der Waals surface area (Å²) in [5, 5.41) is 20.5. The van der Waals surface area contributed by atoms with E-state index in [4.69, 9.17) is 9.39 Å². The monoisotopic (exact) mass is 411 g/mol. The van der Waals surface area contributed by atoms with Gasteiger partial charge in [0, 0.05) is 0 Å². The quantitative estimate of drug-likeness (QED) is 0.506. The molecule has 0 saturated carbocycles. The van der Waals surface area contributed by atoms with Crippen LogP contribution in [0.3, 0.4) is 0 Å². The fourth-order valence-electron chi connectivity index (χ4n) is 2.92. The van der Waals surface area contributed by atoms with Crippen LogP contribution < -0.4 is 10.2 Å². The van der Waals surface area contributed by atoms with Crippen molar-refractivity contribution in [2.75, 3.05) is 13.2 Å². The van der Waals surface area contributed by atoms with Gasteiger partial charge in [0.1, 0.15) is 12.4 Å². The number of hydrogen-bond donors (Lipinski definition) is 2. The van der Waals surface area contributed by atoms with Crippen LogP contribution in [-0.2, 0) is 4.65 Å². The maximum Gasteiger partial charge on any atom is 0.491 e. The van der Waals surface area contributed by atoms with Crippen LogP contribution in [0.5, 0.6) is 5.75 Å². The van der Waals surface area contributed by atoms with Crippen LogP contribution in [0.25, 0.3) is 0 Å². The minimum atomic E-state index is -1.21. The van der Waals surface area contributed by atoms with Crippen molar-refractivity contribution >= 4 is 24.4 Å². The van der Waals surface area contributed by atoms with Crippen LogP contribution in [0, 0.1) is 0 Å². The second kappa shape index (κ2) is 8.22. The molecule has 0 radical (unpaired) electrons. The van der Waals surface area contributed by atoms with Crippen LogP contribution in [0.4, 0.5) is 0 Å². The Kier molecular flexibility index (Phi) is 6.03. The van der Waals surface area contributed by atoms with Gasteiger partial charge < -0.3 is 19.5 Å². The summed E-state index contributed by atoms with van der Waals surface area (Å²) in [5.41, 5.74) is -0.764. The Hall–Kier alpha value is -2.68. The van der Waals surface area contributed by atoms with Crippen molar-refractivity contribution in [2.45, 2.75) is 38.9 Å². The minimum absolute atomic E-state index is 0.138. The molecular weight excluding hydrogens is 385 g/mol. The number of imide groups is 1. The molecule has 0 aliphatic carbocycles. The second-order valence-electron chi connectivity index (χ2n) is 8.26. The number of aliphatic hydroxyl groups is 1. The molecule has 3 rings (SSSR count). The first-order valence-electron chi connectivity index (χ1n) is 9.77. The Labute approximate surface area is 176 Å². The van der Waals surface area contributed by atoms with Crippen molar-refractivity contribution in [3.8, 4) is 5.75 Å². The van der Waals surface area contributed by atoms with Gasteiger partial charge in [0.2, 0.25) is 0 Å². The van der Waals surface area contributed by atoms with E-state index in [1.54, 1.807) is 76.2 Å². The highest BCUT2D eigenvalue weighted by atomic mass is 16.5. The standard InChI is InChI=1S/C22H26BNO6/c1-21(2,27)22(3,4)30-23(28)15-9-11-16(12-10-15)29-14-13-24-19(25)17-7-5-6-8-18(17)20(24)26/h5-12,27-28H,13-14H2,1-4H3. The average molecular weight is 411 g/mol. The van der Waals surface area contributed by atoms with E-state index in [-0.39, 0.29) is 25.0 Å². The molecule has 8 heteroatoms. The molecule has 0 spiro atoms. The van der Waals surface area contributed by atoms with Gasteiger partial charge in [-0.15, -0.1) is 0 Å². The lowest BCUT2D eigenvalue weighted by atomic mass is 9.76. The Morgan fingerprint density at radius 3 is 1.97 bits per heavy atom. The predicted octanol–water partition coefficient (Wildman–Crippen LogP) is 1.62. The second-order valence-corrected chi connectivity index (χ2v) is 8.26. The molecule has 7 nitrogen and oxygen atoms in total. The van der Waals surface area contributed by atoms with E-state index < -0.39 is 18.3 Å². The summed E-state index contributed by atoms with van der Waals surface area (Å²) >= 11 is 0. The Morgan fingerprint density at radius 1 is 0.933 bits per heavy atom. The molecule has 1 heterocycles. The van der Waals surface area contributed by atoms with Gasteiger partial charge in [0.05, 0.1) is 28.9 Å². The molecule has 0 unspecified atom stereocenters. The van der Waals surface area contributed by atoms with Crippen LogP contribution in [0.2, 0.25) is 0 Å². The lowest BCUT2D eigenvalue weighted by Crippen LogP contribution is -2.53. The molecule has 1 aliphatic rings. The highest BCUT2D eigenvalue weighted by Crippen LogP contribution is 2.25. The predicted molar refractivity (Wildman–Crippen MR) is 113 cm³/mol. The molecule has 0 fully saturated rings. The number of ether oxygens (including phenoxy) is 1. The third-order valence-corrected chi connectivity index (χ3v) is 5.51. The molecular formula is C22H26BNO6. The zero-order valence-electron chi connectivity index (χ0n) is 17.6. The number of hydrogen-bond acceptors (Lipinski definition) is 6. The van der Waals surface area contributed by atoms with Crippen LogP contribution >= 0.6 is 0 Å². The third-order valence-electron chi connectivity index (χ3n) is 5.51. The first kappa shape index (κ1) is 22.0. The van der Waals surface area contributed by atoms with Gasteiger partial charge in [0.15, 0.2) is 0 Å². The maximum atomic E-state index is 12.3. The van der Waals surface area contributed by atoms with E-state index in [1.165, 1.54) is 4.90 Å². The average Bonchev–Trinajstić information content (AvgIpc) is 2.92. The van der Waals surface area contributed by atoms with Crippen molar-refractivity contribution < 1.29 is 29.1 Å². The highest BCUT2D eigenvalue weighted by Gasteiger charge is 2.39. The number of benzene rings is 2. The molecule has 0 aromatic heterocycles. The summed E-state index contributed by atoms with van der Waals surface area (Å²) in [7, 11) is -1.21. The van der Waals surface area contributed by atoms with Gasteiger partial charge in [-0.2, -0.15) is 0 Å². The van der Waals surface area contributed by atoms with E-state index >= 15 is 0 Å². The van der Waals surface area contributed by atoms with Crippen molar-refractivity contribution in [1.82, 2.24) is 4.90 Å². The smallest absolute Gasteiger partial charge is 0.491 e. The molecule has 0 atom stereocenters. The number of nitrogens with zero attached hydrogens (tertiary/aromatic N) is 1. The van der Waals surface area contributed by atoms with Gasteiger partial charge in [-0.3, -0.25) is 14.5 Å². The summed E-state index contributed by atoms with van der Waals surface area (Å²) in [6, 6.07) is 13.4. The van der Waals surface area contributed by atoms with Crippen molar-refractivity contribution in [3.05, 3.63) is 59.7 Å². The van der Waals surface area contributed by atoms with Crippen LogP contribution in [0.1, 0.15) is 48.4 Å². The van der Waals surface area contributed by atoms with Crippen molar-refractivity contribution in [3.63, 3.8) is 0 Å². The molecule has 2 amide bonds. The Morgan fingerprint density at radius 2 is 1.47 bits per heavy atom. The zero-order chi connectivity index (χ0) is 22.1. The summed E-state index contributed by atoms with van der Waals surface area (Å²) in [4.78, 5) is 25.9. The topological polar surface area (TPSA) is 96.3 Å². The lowest BCUT2D eigenvalue weighted by Gasteiger charge is -2.38. The van der Waals surface area contributed by atoms with Crippen LogP contribution in [-0.4, -0.2) is 58.3 Å². The van der Waals surface area contributed by atoms with E-state index in [9.17, 15) is 19.7 Å². The Bertz CT molecular complexity index is 900. The molecule has 0 bridgehead atoms. The first-order chi connectivity index (χ1) is 14.0. The molecule has 0 saturated heterocycles. The number of carbonyl (C=O) groups is 2. The summed E-state index contributed by atoms with van der Waals surface area (Å²) in [5.74, 6) is -0.0993. The van der Waals surface area contributed by atoms with Gasteiger partial charge in [-0.05, 0) is 57.4 Å². The van der Waals surface area contributed by atoms with Gasteiger partial charge in [-0.1, -0.05) is 24.3 Å². The molecule has 2 aromatic rings. The normalized spacial score (nSPS) is 14.1. The Balaban J connectivity index is 1.55. The molecule has 2 aromatic carbocycles. The van der Waals surface area contributed by atoms with Gasteiger partial charge in [0.25, 0.3) is 11.8 Å². The van der Waals surface area contributed by atoms with E-state index in [2.05, 4.69) is 0 Å². The largest absolute Gasteiger partial charge is 0.492 e. The first-order valence-corrected chi connectivity index (χ1v) is 9.77. The van der Waals surface area contributed by atoms with E-state index in [0.29, 0.717) is 22.3 Å². The summed E-state index contributed by atoms with van der Waals surface area (Å²) in [6.07, 6.45) is 0. The number of rotatable bonds is 8. The number of carbonyl (C=O) groups excluding carboxylic acids is 2. The van der Waals surface area contributed by atoms with Gasteiger partial charge in [-0.25, -0.2) is 0 Å². The highest BCUT2D eigenvalue weighted by molar-refractivity contribution is 6.60. The molecule has 2 N–H and O–H groups in total. The molecule has 30 heavy (non-hydrogen) atoms. The van der Waals surface area contributed by atoms with Gasteiger partial charge >= 0.3 is 7.12 Å². The number of fused-ring (bicyclic) bond motifs is 1. The minimum Gasteiger partial charge on any atom is -0.492 e. The summed E-state index contributed by atoms with van der Waals surface area (Å²) < 4.78 is 11.3. The fraction of sp³-hybridized carbons (Fsp3) is 0.364. The SMILES string of the molecule is CC(C)(O)C(C)(C)OB(O)c1ccc(OCCN2C(=O)c3ccccc3C2=O)cc1. The maximum absolute atomic E-state index is 12.3. The third kappa shape index (κ3) is 4.40. The molecule has 158 valence electrons. The van der Waals surface area contributed by atoms with E-state index in [0.717, 1.165) is 0 Å². The number of amides is 2. The van der Waals surface area contributed by atoms with Crippen molar-refractivity contribution in [2.24, 2.45) is 0 Å². The zero-order valence-corrected chi connectivity index (χ0v) is 17.6. The fourth-order valence-corrected chi connectivity index (χ4v) is 2.92. The summed E-state index contributed by atoms with van der Waals surface area (Å²) in [6.45, 7) is 6.92. The van der Waals surface area contributed by atoms with E-state index in [1.807, 2.05) is 0 Å². The van der Waals surface area contributed by atoms with Crippen LogP contribution in [0.15, 0.2) is 48.5 Å². The molecule has 1 aliphatic heterocycles. The van der Waals surface area contributed by atoms with Crippen molar-refractivity contribution in [1.29, 1.82) is 0 Å². The lowest BCUT2D eigenvalue weighted by molar-refractivity contribution is -0.0982.